The van der Waals surface area contributed by atoms with E-state index < -0.39 is 11.5 Å². The number of hydrogen-bond acceptors (Lipinski definition) is 3. The largest absolute Gasteiger partial charge is 0.480 e. The fourth-order valence-electron chi connectivity index (χ4n) is 2.55. The van der Waals surface area contributed by atoms with Gasteiger partial charge >= 0.3 is 5.97 Å². The van der Waals surface area contributed by atoms with E-state index in [9.17, 15) is 15.2 Å². The molecule has 4 nitrogen and oxygen atoms in total. The molecule has 0 fully saturated rings. The summed E-state index contributed by atoms with van der Waals surface area (Å²) in [6.45, 7) is 3.72. The molecule has 2 rings (SSSR count). The summed E-state index contributed by atoms with van der Waals surface area (Å²) in [5.41, 5.74) is 0.345. The van der Waals surface area contributed by atoms with E-state index >= 15 is 0 Å². The van der Waals surface area contributed by atoms with Crippen molar-refractivity contribution in [3.63, 3.8) is 0 Å². The molecule has 2 aromatic rings. The van der Waals surface area contributed by atoms with E-state index in [1.807, 2.05) is 38.1 Å². The lowest BCUT2D eigenvalue weighted by Crippen LogP contribution is -2.45. The molecule has 0 spiro atoms. The zero-order valence-corrected chi connectivity index (χ0v) is 12.2. The van der Waals surface area contributed by atoms with Crippen LogP contribution in [0.2, 0.25) is 0 Å². The number of hydrogen-bond donors (Lipinski definition) is 2. The molecule has 0 amide bonds. The topological polar surface area (TPSA) is 73.1 Å². The monoisotopic (exact) mass is 282 g/mol. The molecule has 2 aromatic carbocycles. The van der Waals surface area contributed by atoms with Crippen LogP contribution in [0.15, 0.2) is 36.4 Å². The maximum atomic E-state index is 11.6. The first-order chi connectivity index (χ1) is 10.1. The molecule has 0 heterocycles. The average molecular weight is 282 g/mol. The Morgan fingerprint density at radius 2 is 1.81 bits per heavy atom. The minimum Gasteiger partial charge on any atom is -0.480 e. The van der Waals surface area contributed by atoms with E-state index in [0.717, 1.165) is 16.5 Å². The molecule has 0 unspecified atom stereocenters. The van der Waals surface area contributed by atoms with Gasteiger partial charge < -0.3 is 10.4 Å². The second-order valence-electron chi connectivity index (χ2n) is 5.04. The highest BCUT2D eigenvalue weighted by Crippen LogP contribution is 2.30. The second-order valence-corrected chi connectivity index (χ2v) is 5.04. The fourth-order valence-corrected chi connectivity index (χ4v) is 2.55. The van der Waals surface area contributed by atoms with Crippen LogP contribution in [0.1, 0.15) is 32.3 Å². The predicted octanol–water partition coefficient (Wildman–Crippen LogP) is 3.77. The quantitative estimate of drug-likeness (QED) is 0.875. The van der Waals surface area contributed by atoms with Gasteiger partial charge in [-0.25, -0.2) is 4.79 Å². The van der Waals surface area contributed by atoms with Crippen molar-refractivity contribution in [1.82, 2.24) is 0 Å². The van der Waals surface area contributed by atoms with Crippen molar-refractivity contribution < 1.29 is 9.90 Å². The van der Waals surface area contributed by atoms with Crippen molar-refractivity contribution >= 4 is 22.4 Å². The molecule has 0 saturated carbocycles. The van der Waals surface area contributed by atoms with Gasteiger partial charge in [0.05, 0.1) is 11.6 Å². The standard InChI is InChI=1S/C17H18N2O2/c1-3-17(4-2,16(20)21)19-15-10-9-12(11-18)13-7-5-6-8-14(13)15/h5-10,19H,3-4H2,1-2H3,(H,20,21). The Balaban J connectivity index is 2.58. The summed E-state index contributed by atoms with van der Waals surface area (Å²) < 4.78 is 0. The molecular weight excluding hydrogens is 264 g/mol. The Labute approximate surface area is 124 Å². The van der Waals surface area contributed by atoms with Crippen molar-refractivity contribution in [2.75, 3.05) is 5.32 Å². The van der Waals surface area contributed by atoms with Crippen LogP contribution in [0.5, 0.6) is 0 Å². The first kappa shape index (κ1) is 14.9. The molecule has 0 aliphatic rings. The molecule has 21 heavy (non-hydrogen) atoms. The SMILES string of the molecule is CCC(CC)(Nc1ccc(C#N)c2ccccc12)C(=O)O. The lowest BCUT2D eigenvalue weighted by molar-refractivity contribution is -0.142. The van der Waals surface area contributed by atoms with Gasteiger partial charge in [0.25, 0.3) is 0 Å². The first-order valence-corrected chi connectivity index (χ1v) is 7.01. The maximum absolute atomic E-state index is 11.6. The van der Waals surface area contributed by atoms with Crippen LogP contribution in [0.3, 0.4) is 0 Å². The lowest BCUT2D eigenvalue weighted by Gasteiger charge is -2.30. The summed E-state index contributed by atoms with van der Waals surface area (Å²) in [4.78, 5) is 11.6. The Hall–Kier alpha value is -2.54. The molecule has 0 bridgehead atoms. The van der Waals surface area contributed by atoms with Crippen LogP contribution in [0, 0.1) is 11.3 Å². The van der Waals surface area contributed by atoms with E-state index in [2.05, 4.69) is 11.4 Å². The number of nitrogens with zero attached hydrogens (tertiary/aromatic N) is 1. The maximum Gasteiger partial charge on any atom is 0.329 e. The molecule has 108 valence electrons. The van der Waals surface area contributed by atoms with Gasteiger partial charge in [-0.15, -0.1) is 0 Å². The van der Waals surface area contributed by atoms with Crippen molar-refractivity contribution in [1.29, 1.82) is 5.26 Å². The number of carboxylic acids is 1. The second kappa shape index (κ2) is 5.84. The summed E-state index contributed by atoms with van der Waals surface area (Å²) in [6.07, 6.45) is 0.959. The number of benzene rings is 2. The van der Waals surface area contributed by atoms with E-state index in [1.54, 1.807) is 12.1 Å². The van der Waals surface area contributed by atoms with Gasteiger partial charge in [0, 0.05) is 16.5 Å². The van der Waals surface area contributed by atoms with Crippen LogP contribution in [0.25, 0.3) is 10.8 Å². The molecule has 0 aliphatic carbocycles. The summed E-state index contributed by atoms with van der Waals surface area (Å²) in [5, 5.41) is 23.6. The number of carbonyl (C=O) groups is 1. The highest BCUT2D eigenvalue weighted by Gasteiger charge is 2.35. The van der Waals surface area contributed by atoms with E-state index in [1.165, 1.54) is 0 Å². The molecule has 0 aromatic heterocycles. The van der Waals surface area contributed by atoms with Gasteiger partial charge in [-0.3, -0.25) is 0 Å². The van der Waals surface area contributed by atoms with E-state index in [4.69, 9.17) is 0 Å². The Morgan fingerprint density at radius 3 is 2.33 bits per heavy atom. The average Bonchev–Trinajstić information content (AvgIpc) is 2.52. The van der Waals surface area contributed by atoms with Crippen LogP contribution in [-0.4, -0.2) is 16.6 Å². The summed E-state index contributed by atoms with van der Waals surface area (Å²) in [6, 6.07) is 13.2. The molecule has 0 aliphatic heterocycles. The molecule has 4 heteroatoms. The number of fused-ring (bicyclic) bond motifs is 1. The number of nitrogens with one attached hydrogen (secondary N) is 1. The van der Waals surface area contributed by atoms with Gasteiger partial charge in [-0.05, 0) is 25.0 Å². The zero-order chi connectivity index (χ0) is 15.5. The summed E-state index contributed by atoms with van der Waals surface area (Å²) in [5.74, 6) is -0.860. The third kappa shape index (κ3) is 2.55. The van der Waals surface area contributed by atoms with E-state index in [0.29, 0.717) is 18.4 Å². The molecule has 0 atom stereocenters. The number of rotatable bonds is 5. The molecule has 2 N–H and O–H groups in total. The summed E-state index contributed by atoms with van der Waals surface area (Å²) in [7, 11) is 0. The van der Waals surface area contributed by atoms with Gasteiger partial charge in [-0.1, -0.05) is 38.1 Å². The van der Waals surface area contributed by atoms with Gasteiger partial charge in [0.15, 0.2) is 0 Å². The highest BCUT2D eigenvalue weighted by atomic mass is 16.4. The zero-order valence-electron chi connectivity index (χ0n) is 12.2. The van der Waals surface area contributed by atoms with Gasteiger partial charge in [0.2, 0.25) is 0 Å². The number of carboxylic acid groups (broad SMARTS) is 1. The fraction of sp³-hybridized carbons (Fsp3) is 0.294. The summed E-state index contributed by atoms with van der Waals surface area (Å²) >= 11 is 0. The smallest absolute Gasteiger partial charge is 0.329 e. The Morgan fingerprint density at radius 1 is 1.19 bits per heavy atom. The lowest BCUT2D eigenvalue weighted by atomic mass is 9.91. The van der Waals surface area contributed by atoms with Crippen molar-refractivity contribution in [2.45, 2.75) is 32.2 Å². The third-order valence-electron chi connectivity index (χ3n) is 4.03. The molecule has 0 saturated heterocycles. The van der Waals surface area contributed by atoms with Crippen molar-refractivity contribution in [2.24, 2.45) is 0 Å². The van der Waals surface area contributed by atoms with Crippen LogP contribution in [-0.2, 0) is 4.79 Å². The number of nitriles is 1. The van der Waals surface area contributed by atoms with Crippen LogP contribution >= 0.6 is 0 Å². The van der Waals surface area contributed by atoms with Crippen molar-refractivity contribution in [3.05, 3.63) is 42.0 Å². The van der Waals surface area contributed by atoms with Crippen LogP contribution in [0.4, 0.5) is 5.69 Å². The normalized spacial score (nSPS) is 11.1. The van der Waals surface area contributed by atoms with E-state index in [-0.39, 0.29) is 0 Å². The Kier molecular flexibility index (Phi) is 4.13. The first-order valence-electron chi connectivity index (χ1n) is 7.01. The molecular formula is C17H18N2O2. The minimum absolute atomic E-state index is 0.479. The van der Waals surface area contributed by atoms with Gasteiger partial charge in [0.1, 0.15) is 5.54 Å². The number of aliphatic carboxylic acids is 1. The van der Waals surface area contributed by atoms with Crippen LogP contribution < -0.4 is 5.32 Å². The molecule has 0 radical (unpaired) electrons. The minimum atomic E-state index is -0.989. The highest BCUT2D eigenvalue weighted by molar-refractivity contribution is 5.99. The Bertz CT molecular complexity index is 712. The van der Waals surface area contributed by atoms with Crippen molar-refractivity contribution in [3.8, 4) is 6.07 Å². The third-order valence-corrected chi connectivity index (χ3v) is 4.03. The van der Waals surface area contributed by atoms with Gasteiger partial charge in [-0.2, -0.15) is 5.26 Å². The number of anilines is 1. The predicted molar refractivity (Wildman–Crippen MR) is 83.2 cm³/mol.